The van der Waals surface area contributed by atoms with E-state index in [9.17, 15) is 4.79 Å². The minimum Gasteiger partial charge on any atom is -0.446 e. The molecule has 0 fully saturated rings. The second-order valence-corrected chi connectivity index (χ2v) is 5.95. The molecule has 0 aromatic carbocycles. The van der Waals surface area contributed by atoms with E-state index >= 15 is 0 Å². The zero-order valence-electron chi connectivity index (χ0n) is 10.7. The maximum Gasteiger partial charge on any atom is 0.223 e. The summed E-state index contributed by atoms with van der Waals surface area (Å²) in [5.41, 5.74) is 2.37. The average Bonchev–Trinajstić information content (AvgIpc) is 3.10. The van der Waals surface area contributed by atoms with E-state index in [-0.39, 0.29) is 11.7 Å². The predicted molar refractivity (Wildman–Crippen MR) is 78.5 cm³/mol. The third-order valence-corrected chi connectivity index (χ3v) is 4.60. The van der Waals surface area contributed by atoms with Gasteiger partial charge >= 0.3 is 0 Å². The van der Waals surface area contributed by atoms with E-state index < -0.39 is 0 Å². The van der Waals surface area contributed by atoms with Gasteiger partial charge in [0.05, 0.1) is 12.0 Å². The molecule has 2 aromatic heterocycles. The van der Waals surface area contributed by atoms with E-state index in [1.807, 2.05) is 12.1 Å². The van der Waals surface area contributed by atoms with Gasteiger partial charge in [-0.25, -0.2) is 4.99 Å². The van der Waals surface area contributed by atoms with Crippen LogP contribution in [0.15, 0.2) is 44.2 Å². The number of ketones is 1. The fraction of sp³-hybridized carbons (Fsp3) is 0.267. The number of fused-ring (bicyclic) bond motifs is 2. The van der Waals surface area contributed by atoms with Crippen molar-refractivity contribution in [3.63, 3.8) is 0 Å². The first-order valence-electron chi connectivity index (χ1n) is 6.59. The van der Waals surface area contributed by atoms with Crippen LogP contribution in [-0.2, 0) is 11.2 Å². The molecule has 4 nitrogen and oxygen atoms in total. The van der Waals surface area contributed by atoms with Crippen LogP contribution < -0.4 is 0 Å². The molecule has 4 rings (SSSR count). The number of thiophene rings is 1. The van der Waals surface area contributed by atoms with Crippen molar-refractivity contribution in [1.82, 2.24) is 0 Å². The molecule has 0 N–H and O–H groups in total. The Morgan fingerprint density at radius 2 is 2.35 bits per heavy atom. The van der Waals surface area contributed by atoms with E-state index in [2.05, 4.69) is 21.4 Å². The van der Waals surface area contributed by atoms with Crippen LogP contribution in [0, 0.1) is 0 Å². The van der Waals surface area contributed by atoms with Crippen molar-refractivity contribution in [3.05, 3.63) is 40.3 Å². The topological polar surface area (TPSA) is 54.9 Å². The number of hydrogen-bond donors (Lipinski definition) is 0. The summed E-state index contributed by atoms with van der Waals surface area (Å²) in [6, 6.07) is 6.10. The molecule has 0 radical (unpaired) electrons. The molecule has 2 aliphatic rings. The maximum atomic E-state index is 12.1. The number of Topliss-reactive ketones (excluding diaryl/α,β-unsaturated/α-hetero) is 1. The Balaban J connectivity index is 1.82. The molecule has 1 unspecified atom stereocenters. The Labute approximate surface area is 119 Å². The maximum absolute atomic E-state index is 12.1. The van der Waals surface area contributed by atoms with Gasteiger partial charge in [0.25, 0.3) is 0 Å². The zero-order chi connectivity index (χ0) is 13.5. The van der Waals surface area contributed by atoms with Crippen molar-refractivity contribution < 1.29 is 9.21 Å². The molecule has 0 amide bonds. The molecule has 0 aliphatic carbocycles. The number of carbonyl (C=O) groups excluding carboxylic acids is 1. The van der Waals surface area contributed by atoms with Gasteiger partial charge in [0.15, 0.2) is 5.78 Å². The number of nitrogens with zero attached hydrogens (tertiary/aromatic N) is 2. The summed E-state index contributed by atoms with van der Waals surface area (Å²) in [7, 11) is 0. The lowest BCUT2D eigenvalue weighted by atomic mass is 9.84. The van der Waals surface area contributed by atoms with Crippen molar-refractivity contribution >= 4 is 34.4 Å². The molecule has 0 saturated carbocycles. The van der Waals surface area contributed by atoms with Crippen molar-refractivity contribution in [2.45, 2.75) is 18.8 Å². The fourth-order valence-electron chi connectivity index (χ4n) is 2.76. The van der Waals surface area contributed by atoms with Gasteiger partial charge in [-0.15, -0.1) is 11.3 Å². The van der Waals surface area contributed by atoms with Crippen LogP contribution in [0.4, 0.5) is 5.88 Å². The average molecular weight is 284 g/mol. The second kappa shape index (κ2) is 4.52. The highest BCUT2D eigenvalue weighted by atomic mass is 32.1. The molecule has 20 heavy (non-hydrogen) atoms. The molecule has 4 heterocycles. The first-order valence-corrected chi connectivity index (χ1v) is 7.47. The fourth-order valence-corrected chi connectivity index (χ4v) is 3.51. The summed E-state index contributed by atoms with van der Waals surface area (Å²) in [5, 5.41) is 2.07. The van der Waals surface area contributed by atoms with Gasteiger partial charge in [0, 0.05) is 29.3 Å². The first-order chi connectivity index (χ1) is 9.83. The van der Waals surface area contributed by atoms with Crippen LogP contribution in [0.5, 0.6) is 0 Å². The zero-order valence-corrected chi connectivity index (χ0v) is 11.5. The third kappa shape index (κ3) is 1.78. The summed E-state index contributed by atoms with van der Waals surface area (Å²) in [5.74, 6) is 0.725. The van der Waals surface area contributed by atoms with E-state index in [0.717, 1.165) is 17.7 Å². The van der Waals surface area contributed by atoms with E-state index in [1.165, 1.54) is 4.88 Å². The van der Waals surface area contributed by atoms with Gasteiger partial charge in [-0.2, -0.15) is 0 Å². The highest BCUT2D eigenvalue weighted by Crippen LogP contribution is 2.38. The molecule has 100 valence electrons. The number of aliphatic imine (C=N–C) groups is 2. The Bertz CT molecular complexity index is 725. The number of hydrogen-bond acceptors (Lipinski definition) is 5. The normalized spacial score (nSPS) is 21.0. The van der Waals surface area contributed by atoms with Gasteiger partial charge < -0.3 is 4.42 Å². The first kappa shape index (κ1) is 11.8. The lowest BCUT2D eigenvalue weighted by Crippen LogP contribution is -2.36. The van der Waals surface area contributed by atoms with Crippen molar-refractivity contribution in [1.29, 1.82) is 0 Å². The second-order valence-electron chi connectivity index (χ2n) is 4.92. The molecule has 0 spiro atoms. The molecule has 0 saturated heterocycles. The minimum absolute atomic E-state index is 0.0771. The highest BCUT2D eigenvalue weighted by Gasteiger charge is 2.36. The van der Waals surface area contributed by atoms with Gasteiger partial charge in [0.2, 0.25) is 5.88 Å². The summed E-state index contributed by atoms with van der Waals surface area (Å²) in [4.78, 5) is 22.3. The molecule has 2 aliphatic heterocycles. The molecular formula is C15H12N2O2S. The van der Waals surface area contributed by atoms with Crippen LogP contribution in [-0.4, -0.2) is 23.8 Å². The van der Waals surface area contributed by atoms with Crippen molar-refractivity contribution in [2.24, 2.45) is 9.98 Å². The summed E-state index contributed by atoms with van der Waals surface area (Å²) in [6.45, 7) is 0.571. The SMILES string of the molecule is O=C1CCN=C2C1=Nc1occc1C2Cc1cccs1. The molecule has 0 bridgehead atoms. The lowest BCUT2D eigenvalue weighted by molar-refractivity contribution is -0.112. The van der Waals surface area contributed by atoms with Crippen LogP contribution in [0.1, 0.15) is 22.8 Å². The number of carbonyl (C=O) groups is 1. The quantitative estimate of drug-likeness (QED) is 0.850. The molecule has 2 aromatic rings. The van der Waals surface area contributed by atoms with Gasteiger partial charge in [-0.1, -0.05) is 6.07 Å². The summed E-state index contributed by atoms with van der Waals surface area (Å²) < 4.78 is 5.41. The molecule has 1 atom stereocenters. The largest absolute Gasteiger partial charge is 0.446 e. The van der Waals surface area contributed by atoms with E-state index in [1.54, 1.807) is 17.6 Å². The standard InChI is InChI=1S/C15H12N2O2S/c18-12-3-5-16-13-11(8-9-2-1-7-20-9)10-4-6-19-15(10)17-14(12)13/h1-2,4,6-7,11H,3,5,8H2. The lowest BCUT2D eigenvalue weighted by Gasteiger charge is -2.25. The molecule has 5 heteroatoms. The Morgan fingerprint density at radius 3 is 3.20 bits per heavy atom. The third-order valence-electron chi connectivity index (χ3n) is 3.71. The number of rotatable bonds is 2. The summed E-state index contributed by atoms with van der Waals surface area (Å²) in [6.07, 6.45) is 2.93. The van der Waals surface area contributed by atoms with E-state index in [4.69, 9.17) is 4.42 Å². The number of furan rings is 1. The highest BCUT2D eigenvalue weighted by molar-refractivity contribution is 7.09. The van der Waals surface area contributed by atoms with Gasteiger partial charge in [0.1, 0.15) is 5.71 Å². The van der Waals surface area contributed by atoms with E-state index in [0.29, 0.717) is 24.6 Å². The Kier molecular flexibility index (Phi) is 2.67. The predicted octanol–water partition coefficient (Wildman–Crippen LogP) is 3.17. The van der Waals surface area contributed by atoms with Crippen LogP contribution >= 0.6 is 11.3 Å². The van der Waals surface area contributed by atoms with Gasteiger partial charge in [-0.3, -0.25) is 9.79 Å². The van der Waals surface area contributed by atoms with Crippen LogP contribution in [0.3, 0.4) is 0 Å². The smallest absolute Gasteiger partial charge is 0.223 e. The van der Waals surface area contributed by atoms with Crippen molar-refractivity contribution in [3.8, 4) is 0 Å². The molecular weight excluding hydrogens is 272 g/mol. The van der Waals surface area contributed by atoms with Gasteiger partial charge in [-0.05, 0) is 23.9 Å². The Morgan fingerprint density at radius 1 is 1.40 bits per heavy atom. The minimum atomic E-state index is 0.0771. The van der Waals surface area contributed by atoms with Crippen LogP contribution in [0.25, 0.3) is 0 Å². The van der Waals surface area contributed by atoms with Crippen molar-refractivity contribution in [2.75, 3.05) is 6.54 Å². The Hall–Kier alpha value is -2.01. The van der Waals surface area contributed by atoms with Crippen LogP contribution in [0.2, 0.25) is 0 Å². The summed E-state index contributed by atoms with van der Waals surface area (Å²) >= 11 is 1.72. The monoisotopic (exact) mass is 284 g/mol.